The van der Waals surface area contributed by atoms with Gasteiger partial charge >= 0.3 is 11.9 Å². The molecule has 1 fully saturated rings. The van der Waals surface area contributed by atoms with Crippen LogP contribution in [-0.2, 0) is 33.4 Å². The first kappa shape index (κ1) is 30.3. The molecule has 2 aliphatic rings. The van der Waals surface area contributed by atoms with Crippen LogP contribution in [0.1, 0.15) is 38.7 Å². The standard InChI is InChI=1S/C28H36ClN3O7/c1-5-39-28(36)26-22(17-38-15-14-31-10-12-32(13-11-31)23(34)16-18(2)33)30-19(3)24(27(35)37-4)25(26)20-8-6-7-9-21(20)29/h6-9,25,30H,5,10-17H2,1-4H3. The van der Waals surface area contributed by atoms with E-state index in [-0.39, 0.29) is 42.5 Å². The molecule has 2 aliphatic heterocycles. The Balaban J connectivity index is 1.74. The minimum absolute atomic E-state index is 0.0607. The fourth-order valence-electron chi connectivity index (χ4n) is 4.77. The third kappa shape index (κ3) is 7.68. The van der Waals surface area contributed by atoms with Crippen molar-refractivity contribution < 1.29 is 33.4 Å². The first-order valence-corrected chi connectivity index (χ1v) is 13.3. The average Bonchev–Trinajstić information content (AvgIpc) is 2.90. The molecule has 3 rings (SSSR count). The number of esters is 2. The predicted octanol–water partition coefficient (Wildman–Crippen LogP) is 2.43. The molecule has 1 N–H and O–H groups in total. The number of allylic oxidation sites excluding steroid dienone is 1. The summed E-state index contributed by atoms with van der Waals surface area (Å²) in [7, 11) is 1.29. The van der Waals surface area contributed by atoms with Gasteiger partial charge in [0.1, 0.15) is 5.78 Å². The lowest BCUT2D eigenvalue weighted by Gasteiger charge is -2.34. The van der Waals surface area contributed by atoms with Crippen molar-refractivity contribution in [2.45, 2.75) is 33.1 Å². The zero-order valence-corrected chi connectivity index (χ0v) is 23.6. The quantitative estimate of drug-likeness (QED) is 0.247. The Morgan fingerprint density at radius 2 is 1.74 bits per heavy atom. The molecule has 1 saturated heterocycles. The molecule has 10 nitrogen and oxygen atoms in total. The number of benzene rings is 1. The molecule has 39 heavy (non-hydrogen) atoms. The first-order chi connectivity index (χ1) is 18.7. The van der Waals surface area contributed by atoms with Crippen LogP contribution in [-0.4, -0.2) is 93.1 Å². The second-order valence-electron chi connectivity index (χ2n) is 9.38. The maximum Gasteiger partial charge on any atom is 0.336 e. The molecule has 2 heterocycles. The molecule has 0 saturated carbocycles. The zero-order valence-electron chi connectivity index (χ0n) is 22.9. The van der Waals surface area contributed by atoms with Gasteiger partial charge < -0.3 is 24.4 Å². The fourth-order valence-corrected chi connectivity index (χ4v) is 5.02. The molecule has 0 aromatic heterocycles. The van der Waals surface area contributed by atoms with Crippen LogP contribution < -0.4 is 5.32 Å². The summed E-state index contributed by atoms with van der Waals surface area (Å²) in [6, 6.07) is 7.04. The van der Waals surface area contributed by atoms with Gasteiger partial charge in [-0.2, -0.15) is 0 Å². The number of nitrogens with one attached hydrogen (secondary N) is 1. The Morgan fingerprint density at radius 3 is 2.36 bits per heavy atom. The summed E-state index contributed by atoms with van der Waals surface area (Å²) in [5.41, 5.74) is 2.12. The number of methoxy groups -OCH3 is 1. The smallest absolute Gasteiger partial charge is 0.336 e. The number of piperazine rings is 1. The lowest BCUT2D eigenvalue weighted by molar-refractivity contribution is -0.139. The van der Waals surface area contributed by atoms with Gasteiger partial charge in [-0.25, -0.2) is 9.59 Å². The monoisotopic (exact) mass is 561 g/mol. The topological polar surface area (TPSA) is 114 Å². The predicted molar refractivity (Wildman–Crippen MR) is 145 cm³/mol. The molecule has 11 heteroatoms. The van der Waals surface area contributed by atoms with Gasteiger partial charge in [0.25, 0.3) is 0 Å². The third-order valence-electron chi connectivity index (χ3n) is 6.69. The van der Waals surface area contributed by atoms with E-state index in [1.54, 1.807) is 43.0 Å². The van der Waals surface area contributed by atoms with E-state index in [1.807, 2.05) is 0 Å². The molecule has 0 spiro atoms. The van der Waals surface area contributed by atoms with E-state index < -0.39 is 17.9 Å². The number of hydrogen-bond donors (Lipinski definition) is 1. The number of nitrogens with zero attached hydrogens (tertiary/aromatic N) is 2. The molecule has 0 bridgehead atoms. The van der Waals surface area contributed by atoms with Crippen molar-refractivity contribution in [2.24, 2.45) is 0 Å². The van der Waals surface area contributed by atoms with E-state index in [2.05, 4.69) is 10.2 Å². The summed E-state index contributed by atoms with van der Waals surface area (Å²) in [6.07, 6.45) is -0.0607. The number of carbonyl (C=O) groups is 4. The minimum Gasteiger partial charge on any atom is -0.466 e. The van der Waals surface area contributed by atoms with E-state index in [0.29, 0.717) is 61.3 Å². The molecular formula is C28H36ClN3O7. The first-order valence-electron chi connectivity index (χ1n) is 13.0. The molecular weight excluding hydrogens is 526 g/mol. The molecule has 0 aliphatic carbocycles. The molecule has 1 unspecified atom stereocenters. The Kier molecular flexibility index (Phi) is 11.1. The van der Waals surface area contributed by atoms with Crippen LogP contribution in [0.2, 0.25) is 5.02 Å². The van der Waals surface area contributed by atoms with Gasteiger partial charge in [-0.1, -0.05) is 29.8 Å². The van der Waals surface area contributed by atoms with Crippen LogP contribution in [0, 0.1) is 0 Å². The van der Waals surface area contributed by atoms with Gasteiger partial charge in [0, 0.05) is 43.4 Å². The van der Waals surface area contributed by atoms with Crippen LogP contribution in [0.15, 0.2) is 46.8 Å². The number of ketones is 1. The number of Topliss-reactive ketones (excluding diaryl/α,β-unsaturated/α-hetero) is 1. The van der Waals surface area contributed by atoms with Crippen LogP contribution in [0.3, 0.4) is 0 Å². The number of hydrogen-bond acceptors (Lipinski definition) is 9. The highest BCUT2D eigenvalue weighted by Gasteiger charge is 2.39. The van der Waals surface area contributed by atoms with Crippen LogP contribution >= 0.6 is 11.6 Å². The van der Waals surface area contributed by atoms with Crippen LogP contribution in [0.4, 0.5) is 0 Å². The maximum absolute atomic E-state index is 13.2. The van der Waals surface area contributed by atoms with Gasteiger partial charge in [0.2, 0.25) is 5.91 Å². The highest BCUT2D eigenvalue weighted by atomic mass is 35.5. The fraction of sp³-hybridized carbons (Fsp3) is 0.500. The lowest BCUT2D eigenvalue weighted by Crippen LogP contribution is -2.49. The SMILES string of the molecule is CCOC(=O)C1=C(COCCN2CCN(C(=O)CC(C)=O)CC2)NC(C)=C(C(=O)OC)C1c1ccccc1Cl. The number of dihydropyridines is 1. The number of ether oxygens (including phenoxy) is 3. The summed E-state index contributed by atoms with van der Waals surface area (Å²) in [5, 5.41) is 3.57. The van der Waals surface area contributed by atoms with Gasteiger partial charge in [-0.3, -0.25) is 14.5 Å². The second-order valence-corrected chi connectivity index (χ2v) is 9.78. The Bertz CT molecular complexity index is 1160. The van der Waals surface area contributed by atoms with Crippen molar-refractivity contribution in [1.29, 1.82) is 0 Å². The highest BCUT2D eigenvalue weighted by molar-refractivity contribution is 6.31. The summed E-state index contributed by atoms with van der Waals surface area (Å²) in [4.78, 5) is 53.3. The molecule has 1 aromatic rings. The van der Waals surface area contributed by atoms with Crippen molar-refractivity contribution >= 4 is 35.2 Å². The summed E-state index contributed by atoms with van der Waals surface area (Å²) >= 11 is 6.53. The van der Waals surface area contributed by atoms with E-state index >= 15 is 0 Å². The average molecular weight is 562 g/mol. The van der Waals surface area contributed by atoms with E-state index in [9.17, 15) is 19.2 Å². The Morgan fingerprint density at radius 1 is 1.05 bits per heavy atom. The Labute approximate surface area is 233 Å². The lowest BCUT2D eigenvalue weighted by atomic mass is 9.80. The normalized spacial score (nSPS) is 18.1. The molecule has 0 radical (unpaired) electrons. The summed E-state index contributed by atoms with van der Waals surface area (Å²) in [5.74, 6) is -2.22. The van der Waals surface area contributed by atoms with Gasteiger partial charge in [0.15, 0.2) is 0 Å². The van der Waals surface area contributed by atoms with Crippen molar-refractivity contribution in [1.82, 2.24) is 15.1 Å². The van der Waals surface area contributed by atoms with E-state index in [4.69, 9.17) is 25.8 Å². The molecule has 212 valence electrons. The van der Waals surface area contributed by atoms with E-state index in [1.165, 1.54) is 14.0 Å². The number of halogens is 1. The summed E-state index contributed by atoms with van der Waals surface area (Å²) < 4.78 is 16.4. The van der Waals surface area contributed by atoms with Crippen LogP contribution in [0.25, 0.3) is 0 Å². The van der Waals surface area contributed by atoms with Gasteiger partial charge in [-0.05, 0) is 32.4 Å². The number of amides is 1. The van der Waals surface area contributed by atoms with Crippen LogP contribution in [0.5, 0.6) is 0 Å². The number of carbonyl (C=O) groups excluding carboxylic acids is 4. The maximum atomic E-state index is 13.2. The minimum atomic E-state index is -0.800. The Hall–Kier alpha value is -3.21. The molecule has 1 amide bonds. The summed E-state index contributed by atoms with van der Waals surface area (Å²) in [6.45, 7) is 8.61. The largest absolute Gasteiger partial charge is 0.466 e. The second kappa shape index (κ2) is 14.3. The van der Waals surface area contributed by atoms with Crippen molar-refractivity contribution in [2.75, 3.05) is 59.7 Å². The van der Waals surface area contributed by atoms with Gasteiger partial charge in [-0.15, -0.1) is 0 Å². The highest BCUT2D eigenvalue weighted by Crippen LogP contribution is 2.41. The number of rotatable bonds is 11. The van der Waals surface area contributed by atoms with Crippen molar-refractivity contribution in [3.63, 3.8) is 0 Å². The molecule has 1 atom stereocenters. The van der Waals surface area contributed by atoms with E-state index in [0.717, 1.165) is 0 Å². The van der Waals surface area contributed by atoms with Gasteiger partial charge in [0.05, 0.1) is 56.1 Å². The van der Waals surface area contributed by atoms with Crippen molar-refractivity contribution in [3.05, 3.63) is 57.4 Å². The van der Waals surface area contributed by atoms with Crippen molar-refractivity contribution in [3.8, 4) is 0 Å². The third-order valence-corrected chi connectivity index (χ3v) is 7.03. The molecule has 1 aromatic carbocycles. The zero-order chi connectivity index (χ0) is 28.5.